The Labute approximate surface area is 309 Å². The van der Waals surface area contributed by atoms with E-state index in [1.54, 1.807) is 0 Å². The highest BCUT2D eigenvalue weighted by atomic mass is 15.0. The van der Waals surface area contributed by atoms with E-state index < -0.39 is 0 Å². The lowest BCUT2D eigenvalue weighted by molar-refractivity contribution is 1.17. The molecule has 0 aliphatic rings. The molecule has 2 nitrogen and oxygen atoms in total. The SMILES string of the molecule is Cc1cccc(-n2c3ccccc3c3cc(-c4ccccc4/C=C/c4ccc(-c5ccccc5-n5c6ccccc6c6ccccc65)cc4)ccc32)c1. The van der Waals surface area contributed by atoms with Crippen LogP contribution in [0.25, 0.3) is 89.4 Å². The van der Waals surface area contributed by atoms with Gasteiger partial charge in [0.1, 0.15) is 0 Å². The Balaban J connectivity index is 0.997. The fraction of sp³-hybridized carbons (Fsp3) is 0.0196. The average molecular weight is 677 g/mol. The van der Waals surface area contributed by atoms with Crippen LogP contribution in [0.15, 0.2) is 188 Å². The summed E-state index contributed by atoms with van der Waals surface area (Å²) < 4.78 is 4.79. The van der Waals surface area contributed by atoms with E-state index in [0.29, 0.717) is 0 Å². The van der Waals surface area contributed by atoms with Gasteiger partial charge in [0.25, 0.3) is 0 Å². The van der Waals surface area contributed by atoms with Crippen LogP contribution in [0.5, 0.6) is 0 Å². The number of hydrogen-bond acceptors (Lipinski definition) is 0. The third-order valence-electron chi connectivity index (χ3n) is 10.6. The molecule has 2 aromatic heterocycles. The Hall–Kier alpha value is -6.90. The van der Waals surface area contributed by atoms with Gasteiger partial charge < -0.3 is 9.13 Å². The Morgan fingerprint density at radius 3 is 1.66 bits per heavy atom. The van der Waals surface area contributed by atoms with Crippen molar-refractivity contribution in [2.45, 2.75) is 6.92 Å². The van der Waals surface area contributed by atoms with Crippen LogP contribution in [-0.2, 0) is 0 Å². The van der Waals surface area contributed by atoms with Crippen LogP contribution in [0.4, 0.5) is 0 Å². The molecule has 0 spiro atoms. The number of rotatable bonds is 6. The summed E-state index contributed by atoms with van der Waals surface area (Å²) in [6.45, 7) is 2.15. The summed E-state index contributed by atoms with van der Waals surface area (Å²) in [5, 5.41) is 5.06. The first-order chi connectivity index (χ1) is 26.2. The van der Waals surface area contributed by atoms with Gasteiger partial charge in [-0.3, -0.25) is 0 Å². The number of aryl methyl sites for hydroxylation is 1. The van der Waals surface area contributed by atoms with E-state index in [-0.39, 0.29) is 0 Å². The van der Waals surface area contributed by atoms with Crippen LogP contribution in [0.3, 0.4) is 0 Å². The van der Waals surface area contributed by atoms with E-state index in [1.807, 2.05) is 0 Å². The maximum absolute atomic E-state index is 2.41. The molecule has 53 heavy (non-hydrogen) atoms. The van der Waals surface area contributed by atoms with Crippen molar-refractivity contribution in [3.63, 3.8) is 0 Å². The lowest BCUT2D eigenvalue weighted by atomic mass is 9.97. The van der Waals surface area contributed by atoms with Crippen molar-refractivity contribution in [2.24, 2.45) is 0 Å². The van der Waals surface area contributed by atoms with Crippen LogP contribution in [-0.4, -0.2) is 9.13 Å². The normalized spacial score (nSPS) is 11.8. The minimum absolute atomic E-state index is 1.16. The van der Waals surface area contributed by atoms with Crippen LogP contribution in [0.2, 0.25) is 0 Å². The van der Waals surface area contributed by atoms with Gasteiger partial charge in [-0.25, -0.2) is 0 Å². The standard InChI is InChI=1S/C51H36N2/c1-35-13-12-15-40(33-35)52-48-22-9-7-20-45(48)46-34-39(31-32-51(46)52)41-16-3-2-14-37(41)28-25-36-26-29-38(30-27-36)42-17-4-8-21-47(42)53-49-23-10-5-18-43(49)44-19-6-11-24-50(44)53/h2-34H,1H3/b28-25+. The second-order valence-corrected chi connectivity index (χ2v) is 13.9. The zero-order valence-electron chi connectivity index (χ0n) is 29.4. The Bertz CT molecular complexity index is 2950. The molecule has 250 valence electrons. The van der Waals surface area contributed by atoms with E-state index in [0.717, 1.165) is 5.56 Å². The van der Waals surface area contributed by atoms with Crippen LogP contribution in [0.1, 0.15) is 16.7 Å². The molecule has 0 N–H and O–H groups in total. The molecule has 0 aliphatic carbocycles. The number of hydrogen-bond donors (Lipinski definition) is 0. The maximum atomic E-state index is 2.41. The number of benzene rings is 8. The summed E-state index contributed by atoms with van der Waals surface area (Å²) in [6.07, 6.45) is 4.47. The fourth-order valence-electron chi connectivity index (χ4n) is 8.15. The summed E-state index contributed by atoms with van der Waals surface area (Å²) in [5.41, 5.74) is 15.7. The lowest BCUT2D eigenvalue weighted by Gasteiger charge is -2.14. The molecular formula is C51H36N2. The van der Waals surface area contributed by atoms with Crippen LogP contribution >= 0.6 is 0 Å². The van der Waals surface area contributed by atoms with Crippen molar-refractivity contribution >= 4 is 55.8 Å². The third-order valence-corrected chi connectivity index (χ3v) is 10.6. The van der Waals surface area contributed by atoms with Crippen LogP contribution < -0.4 is 0 Å². The third kappa shape index (κ3) is 5.27. The predicted molar refractivity (Wildman–Crippen MR) is 226 cm³/mol. The van der Waals surface area contributed by atoms with Crippen molar-refractivity contribution in [1.29, 1.82) is 0 Å². The quantitative estimate of drug-likeness (QED) is 0.155. The Morgan fingerprint density at radius 1 is 0.377 bits per heavy atom. The fourth-order valence-corrected chi connectivity index (χ4v) is 8.15. The number of fused-ring (bicyclic) bond motifs is 6. The maximum Gasteiger partial charge on any atom is 0.0541 e. The minimum atomic E-state index is 1.16. The largest absolute Gasteiger partial charge is 0.309 e. The smallest absolute Gasteiger partial charge is 0.0541 e. The molecular weight excluding hydrogens is 641 g/mol. The molecule has 0 amide bonds. The first-order valence-electron chi connectivity index (χ1n) is 18.3. The zero-order valence-corrected chi connectivity index (χ0v) is 29.4. The molecule has 8 aromatic carbocycles. The first-order valence-corrected chi connectivity index (χ1v) is 18.3. The monoisotopic (exact) mass is 676 g/mol. The molecule has 0 unspecified atom stereocenters. The highest BCUT2D eigenvalue weighted by Gasteiger charge is 2.16. The Kier molecular flexibility index (Phi) is 7.40. The molecule has 0 saturated carbocycles. The van der Waals surface area contributed by atoms with E-state index >= 15 is 0 Å². The minimum Gasteiger partial charge on any atom is -0.309 e. The van der Waals surface area contributed by atoms with Crippen LogP contribution in [0, 0.1) is 6.92 Å². The van der Waals surface area contributed by atoms with Gasteiger partial charge in [0.2, 0.25) is 0 Å². The summed E-state index contributed by atoms with van der Waals surface area (Å²) in [4.78, 5) is 0. The second kappa shape index (κ2) is 12.7. The molecule has 2 heteroatoms. The van der Waals surface area contributed by atoms with Gasteiger partial charge in [-0.2, -0.15) is 0 Å². The van der Waals surface area contributed by atoms with Crippen molar-refractivity contribution in [3.05, 3.63) is 205 Å². The molecule has 0 radical (unpaired) electrons. The van der Waals surface area contributed by atoms with E-state index in [1.165, 1.54) is 88.4 Å². The van der Waals surface area contributed by atoms with Gasteiger partial charge in [0, 0.05) is 32.8 Å². The first kappa shape index (κ1) is 30.9. The van der Waals surface area contributed by atoms with Gasteiger partial charge in [-0.1, -0.05) is 152 Å². The van der Waals surface area contributed by atoms with E-state index in [4.69, 9.17) is 0 Å². The summed E-state index contributed by atoms with van der Waals surface area (Å²) >= 11 is 0. The van der Waals surface area contributed by atoms with Gasteiger partial charge in [-0.05, 0) is 88.8 Å². The zero-order chi connectivity index (χ0) is 35.3. The van der Waals surface area contributed by atoms with Crippen molar-refractivity contribution in [2.75, 3.05) is 0 Å². The van der Waals surface area contributed by atoms with Crippen molar-refractivity contribution in [1.82, 2.24) is 9.13 Å². The topological polar surface area (TPSA) is 9.86 Å². The number of aromatic nitrogens is 2. The molecule has 10 aromatic rings. The van der Waals surface area contributed by atoms with E-state index in [9.17, 15) is 0 Å². The number of para-hydroxylation sites is 4. The average Bonchev–Trinajstić information content (AvgIpc) is 3.73. The summed E-state index contributed by atoms with van der Waals surface area (Å²) in [7, 11) is 0. The predicted octanol–water partition coefficient (Wildman–Crippen LogP) is 13.7. The molecule has 10 rings (SSSR count). The lowest BCUT2D eigenvalue weighted by Crippen LogP contribution is -1.96. The Morgan fingerprint density at radius 2 is 0.943 bits per heavy atom. The molecule has 0 fully saturated rings. The molecule has 0 aliphatic heterocycles. The molecule has 0 saturated heterocycles. The van der Waals surface area contributed by atoms with Gasteiger partial charge in [-0.15, -0.1) is 0 Å². The molecule has 0 atom stereocenters. The van der Waals surface area contributed by atoms with Gasteiger partial charge >= 0.3 is 0 Å². The van der Waals surface area contributed by atoms with E-state index in [2.05, 4.69) is 216 Å². The molecule has 2 heterocycles. The number of nitrogens with zero attached hydrogens (tertiary/aromatic N) is 2. The van der Waals surface area contributed by atoms with Crippen molar-refractivity contribution < 1.29 is 0 Å². The van der Waals surface area contributed by atoms with Gasteiger partial charge in [0.15, 0.2) is 0 Å². The molecule has 0 bridgehead atoms. The second-order valence-electron chi connectivity index (χ2n) is 13.9. The summed E-state index contributed by atoms with van der Waals surface area (Å²) in [5.74, 6) is 0. The van der Waals surface area contributed by atoms with Gasteiger partial charge in [0.05, 0.1) is 27.8 Å². The summed E-state index contributed by atoms with van der Waals surface area (Å²) in [6, 6.07) is 68.2. The highest BCUT2D eigenvalue weighted by molar-refractivity contribution is 6.11. The highest BCUT2D eigenvalue weighted by Crippen LogP contribution is 2.38. The van der Waals surface area contributed by atoms with Crippen molar-refractivity contribution in [3.8, 4) is 33.6 Å².